The predicted octanol–water partition coefficient (Wildman–Crippen LogP) is 3.79. The lowest BCUT2D eigenvalue weighted by Gasteiger charge is -2.49. The molecule has 144 valence electrons. The second-order valence-electron chi connectivity index (χ2n) is 8.43. The molecule has 0 saturated carbocycles. The molecule has 4 heteroatoms. The first kappa shape index (κ1) is 18.5. The summed E-state index contributed by atoms with van der Waals surface area (Å²) in [6.07, 6.45) is 1.89. The third kappa shape index (κ3) is 3.24. The van der Waals surface area contributed by atoms with Crippen LogP contribution in [0, 0.1) is 0 Å². The van der Waals surface area contributed by atoms with Crippen molar-refractivity contribution in [2.24, 2.45) is 0 Å². The molecule has 1 atom stereocenters. The van der Waals surface area contributed by atoms with Gasteiger partial charge in [0.15, 0.2) is 0 Å². The lowest BCUT2D eigenvalue weighted by Crippen LogP contribution is -2.58. The van der Waals surface area contributed by atoms with Crippen LogP contribution in [0.15, 0.2) is 60.2 Å². The van der Waals surface area contributed by atoms with Crippen LogP contribution in [0.4, 0.5) is 0 Å². The van der Waals surface area contributed by atoms with Crippen molar-refractivity contribution in [1.29, 1.82) is 0 Å². The van der Waals surface area contributed by atoms with Crippen LogP contribution < -0.4 is 0 Å². The predicted molar refractivity (Wildman–Crippen MR) is 111 cm³/mol. The lowest BCUT2D eigenvalue weighted by molar-refractivity contribution is -0.148. The number of hydrogen-bond acceptors (Lipinski definition) is 2. The fourth-order valence-corrected chi connectivity index (χ4v) is 4.44. The highest BCUT2D eigenvalue weighted by atomic mass is 16.2. The molecule has 0 aliphatic carbocycles. The number of benzene rings is 2. The maximum Gasteiger partial charge on any atom is 0.250 e. The molecule has 2 aliphatic rings. The lowest BCUT2D eigenvalue weighted by atomic mass is 9.75. The van der Waals surface area contributed by atoms with Crippen molar-refractivity contribution in [3.05, 3.63) is 76.9 Å². The molecule has 1 unspecified atom stereocenters. The summed E-state index contributed by atoms with van der Waals surface area (Å²) in [5.74, 6) is -0.0427. The Bertz CT molecular complexity index is 946. The Morgan fingerprint density at radius 3 is 2.50 bits per heavy atom. The van der Waals surface area contributed by atoms with Gasteiger partial charge in [-0.3, -0.25) is 9.59 Å². The minimum absolute atomic E-state index is 0.0275. The molecule has 4 nitrogen and oxygen atoms in total. The van der Waals surface area contributed by atoms with E-state index in [9.17, 15) is 9.59 Å². The van der Waals surface area contributed by atoms with E-state index in [0.717, 1.165) is 11.1 Å². The van der Waals surface area contributed by atoms with E-state index in [-0.39, 0.29) is 29.8 Å². The molecule has 0 radical (unpaired) electrons. The molecule has 1 saturated heterocycles. The Morgan fingerprint density at radius 2 is 1.75 bits per heavy atom. The van der Waals surface area contributed by atoms with Crippen molar-refractivity contribution in [2.45, 2.75) is 32.2 Å². The molecule has 2 amide bonds. The number of amides is 2. The number of fused-ring (bicyclic) bond motifs is 3. The van der Waals surface area contributed by atoms with Crippen LogP contribution in [0.3, 0.4) is 0 Å². The highest BCUT2D eigenvalue weighted by molar-refractivity contribution is 5.99. The van der Waals surface area contributed by atoms with Gasteiger partial charge in [-0.2, -0.15) is 0 Å². The largest absolute Gasteiger partial charge is 0.331 e. The summed E-state index contributed by atoms with van der Waals surface area (Å²) < 4.78 is 0. The average molecular weight is 374 g/mol. The van der Waals surface area contributed by atoms with Gasteiger partial charge in [0.2, 0.25) is 11.8 Å². The summed E-state index contributed by atoms with van der Waals surface area (Å²) in [5.41, 5.74) is 3.99. The first-order valence-electron chi connectivity index (χ1n) is 9.78. The molecule has 0 spiro atoms. The van der Waals surface area contributed by atoms with E-state index in [1.54, 1.807) is 4.90 Å². The van der Waals surface area contributed by atoms with Gasteiger partial charge in [-0.1, -0.05) is 68.4 Å². The number of hydrogen-bond donors (Lipinski definition) is 0. The number of carbonyl (C=O) groups is 2. The molecule has 28 heavy (non-hydrogen) atoms. The molecule has 0 aromatic heterocycles. The van der Waals surface area contributed by atoms with Gasteiger partial charge in [0.1, 0.15) is 6.54 Å². The van der Waals surface area contributed by atoms with Crippen molar-refractivity contribution < 1.29 is 9.59 Å². The highest BCUT2D eigenvalue weighted by Crippen LogP contribution is 2.41. The summed E-state index contributed by atoms with van der Waals surface area (Å²) in [7, 11) is 0. The highest BCUT2D eigenvalue weighted by Gasteiger charge is 2.44. The van der Waals surface area contributed by atoms with Gasteiger partial charge in [-0.05, 0) is 29.7 Å². The Balaban J connectivity index is 1.63. The van der Waals surface area contributed by atoms with Crippen LogP contribution in [0.25, 0.3) is 6.08 Å². The van der Waals surface area contributed by atoms with Crippen molar-refractivity contribution >= 4 is 17.9 Å². The number of carbonyl (C=O) groups excluding carboxylic acids is 2. The molecule has 1 fully saturated rings. The summed E-state index contributed by atoms with van der Waals surface area (Å²) in [6, 6.07) is 18.0. The Labute approximate surface area is 166 Å². The molecular weight excluding hydrogens is 348 g/mol. The normalized spacial score (nSPS) is 21.2. The molecule has 2 aromatic carbocycles. The quantitative estimate of drug-likeness (QED) is 0.751. The van der Waals surface area contributed by atoms with Gasteiger partial charge in [-0.15, -0.1) is 0 Å². The van der Waals surface area contributed by atoms with Gasteiger partial charge in [-0.25, -0.2) is 0 Å². The standard InChI is InChI=1S/C24H26N2O2/c1-17(13-18-9-5-4-6-10-18)23(28)25-14-21-19-11-7-8-12-20(19)24(2,3)16-26(21)22(27)15-25/h4-13,21H,14-16H2,1-3H3/b17-13+. The summed E-state index contributed by atoms with van der Waals surface area (Å²) in [4.78, 5) is 29.6. The van der Waals surface area contributed by atoms with Crippen molar-refractivity contribution in [3.63, 3.8) is 0 Å². The van der Waals surface area contributed by atoms with Gasteiger partial charge >= 0.3 is 0 Å². The van der Waals surface area contributed by atoms with Crippen molar-refractivity contribution in [1.82, 2.24) is 9.80 Å². The van der Waals surface area contributed by atoms with Gasteiger partial charge in [0.05, 0.1) is 6.04 Å². The van der Waals surface area contributed by atoms with E-state index in [4.69, 9.17) is 0 Å². The molecule has 0 N–H and O–H groups in total. The van der Waals surface area contributed by atoms with E-state index in [2.05, 4.69) is 32.0 Å². The minimum atomic E-state index is -0.0853. The maximum absolute atomic E-state index is 13.0. The van der Waals surface area contributed by atoms with Gasteiger partial charge in [0.25, 0.3) is 0 Å². The molecule has 2 heterocycles. The number of rotatable bonds is 2. The topological polar surface area (TPSA) is 40.6 Å². The van der Waals surface area contributed by atoms with E-state index in [1.807, 2.05) is 54.3 Å². The van der Waals surface area contributed by atoms with E-state index in [0.29, 0.717) is 18.7 Å². The van der Waals surface area contributed by atoms with Crippen LogP contribution in [0.2, 0.25) is 0 Å². The number of piperazine rings is 1. The van der Waals surface area contributed by atoms with Crippen LogP contribution in [-0.2, 0) is 15.0 Å². The maximum atomic E-state index is 13.0. The molecule has 2 aromatic rings. The van der Waals surface area contributed by atoms with Crippen LogP contribution in [0.1, 0.15) is 43.5 Å². The van der Waals surface area contributed by atoms with Crippen LogP contribution in [-0.4, -0.2) is 41.2 Å². The zero-order valence-corrected chi connectivity index (χ0v) is 16.7. The Kier molecular flexibility index (Phi) is 4.58. The third-order valence-electron chi connectivity index (χ3n) is 5.84. The monoisotopic (exact) mass is 374 g/mol. The number of nitrogens with zero attached hydrogens (tertiary/aromatic N) is 2. The molecule has 4 rings (SSSR count). The second kappa shape index (κ2) is 6.93. The SMILES string of the molecule is C/C(=C\c1ccccc1)C(=O)N1CC(=O)N2CC(C)(C)c3ccccc3C2C1. The van der Waals surface area contributed by atoms with Gasteiger partial charge in [0, 0.05) is 24.1 Å². The fourth-order valence-electron chi connectivity index (χ4n) is 4.44. The van der Waals surface area contributed by atoms with Crippen molar-refractivity contribution in [3.8, 4) is 0 Å². The Morgan fingerprint density at radius 1 is 1.07 bits per heavy atom. The fraction of sp³-hybridized carbons (Fsp3) is 0.333. The van der Waals surface area contributed by atoms with E-state index in [1.165, 1.54) is 5.56 Å². The molecule has 0 bridgehead atoms. The average Bonchev–Trinajstić information content (AvgIpc) is 2.69. The molecule has 2 aliphatic heterocycles. The third-order valence-corrected chi connectivity index (χ3v) is 5.84. The summed E-state index contributed by atoms with van der Waals surface area (Å²) >= 11 is 0. The minimum Gasteiger partial charge on any atom is -0.331 e. The smallest absolute Gasteiger partial charge is 0.250 e. The van der Waals surface area contributed by atoms with Gasteiger partial charge < -0.3 is 9.80 Å². The zero-order valence-electron chi connectivity index (χ0n) is 16.7. The Hall–Kier alpha value is -2.88. The van der Waals surface area contributed by atoms with E-state index >= 15 is 0 Å². The molecular formula is C24H26N2O2. The van der Waals surface area contributed by atoms with E-state index < -0.39 is 0 Å². The second-order valence-corrected chi connectivity index (χ2v) is 8.43. The van der Waals surface area contributed by atoms with Crippen LogP contribution >= 0.6 is 0 Å². The first-order chi connectivity index (χ1) is 13.4. The summed E-state index contributed by atoms with van der Waals surface area (Å²) in [6.45, 7) is 7.56. The van der Waals surface area contributed by atoms with Crippen LogP contribution in [0.5, 0.6) is 0 Å². The zero-order chi connectivity index (χ0) is 19.9. The summed E-state index contributed by atoms with van der Waals surface area (Å²) in [5, 5.41) is 0. The van der Waals surface area contributed by atoms with Crippen molar-refractivity contribution in [2.75, 3.05) is 19.6 Å². The first-order valence-corrected chi connectivity index (χ1v) is 9.78.